The Labute approximate surface area is 160 Å². The van der Waals surface area contributed by atoms with E-state index in [9.17, 15) is 8.78 Å². The summed E-state index contributed by atoms with van der Waals surface area (Å²) in [5, 5.41) is 10.4. The molecule has 2 aliphatic heterocycles. The van der Waals surface area contributed by atoms with Gasteiger partial charge in [-0.25, -0.2) is 8.78 Å². The maximum absolute atomic E-state index is 13.7. The predicted molar refractivity (Wildman–Crippen MR) is 98.5 cm³/mol. The fourth-order valence-corrected chi connectivity index (χ4v) is 3.48. The largest absolute Gasteiger partial charge is 0.378 e. The number of anilines is 4. The molecule has 5 rings (SSSR count). The van der Waals surface area contributed by atoms with Crippen LogP contribution >= 0.6 is 0 Å². The number of nitrogens with zero attached hydrogens (tertiary/aromatic N) is 6. The Kier molecular flexibility index (Phi) is 4.26. The molecule has 2 saturated heterocycles. The number of ether oxygens (including phenoxy) is 1. The molecular formula is C17H22F2N8O. The number of halogens is 2. The van der Waals surface area contributed by atoms with Gasteiger partial charge in [-0.3, -0.25) is 5.10 Å². The summed E-state index contributed by atoms with van der Waals surface area (Å²) < 4.78 is 32.8. The van der Waals surface area contributed by atoms with Crippen LogP contribution in [0.5, 0.6) is 0 Å². The molecule has 0 bridgehead atoms. The molecule has 1 saturated carbocycles. The summed E-state index contributed by atoms with van der Waals surface area (Å²) in [6, 6.07) is 1.94. The molecule has 3 aliphatic rings. The average Bonchev–Trinajstić information content (AvgIpc) is 3.34. The summed E-state index contributed by atoms with van der Waals surface area (Å²) in [6.45, 7) is 2.28. The van der Waals surface area contributed by atoms with Crippen molar-refractivity contribution in [1.82, 2.24) is 25.1 Å². The van der Waals surface area contributed by atoms with Gasteiger partial charge < -0.3 is 19.9 Å². The molecule has 28 heavy (non-hydrogen) atoms. The lowest BCUT2D eigenvalue weighted by molar-refractivity contribution is 0.0256. The zero-order valence-electron chi connectivity index (χ0n) is 15.4. The van der Waals surface area contributed by atoms with Crippen LogP contribution in [0.3, 0.4) is 0 Å². The highest BCUT2D eigenvalue weighted by atomic mass is 19.3. The van der Waals surface area contributed by atoms with E-state index >= 15 is 0 Å². The number of aromatic amines is 1. The van der Waals surface area contributed by atoms with E-state index in [1.807, 2.05) is 11.0 Å². The Hall–Kier alpha value is -2.56. The molecule has 11 heteroatoms. The number of rotatable bonds is 5. The van der Waals surface area contributed by atoms with Crippen LogP contribution in [0.2, 0.25) is 0 Å². The number of H-pyrrole nitrogens is 1. The Morgan fingerprint density at radius 3 is 2.50 bits per heavy atom. The minimum atomic E-state index is -2.72. The molecular weight excluding hydrogens is 370 g/mol. The van der Waals surface area contributed by atoms with Crippen molar-refractivity contribution in [2.24, 2.45) is 0 Å². The van der Waals surface area contributed by atoms with Gasteiger partial charge in [-0.2, -0.15) is 20.1 Å². The first-order valence-electron chi connectivity index (χ1n) is 9.60. The van der Waals surface area contributed by atoms with Gasteiger partial charge in [-0.15, -0.1) is 0 Å². The van der Waals surface area contributed by atoms with Crippen molar-refractivity contribution in [3.8, 4) is 0 Å². The zero-order valence-corrected chi connectivity index (χ0v) is 15.4. The molecule has 0 unspecified atom stereocenters. The lowest BCUT2D eigenvalue weighted by Gasteiger charge is -2.27. The zero-order chi connectivity index (χ0) is 19.1. The fourth-order valence-electron chi connectivity index (χ4n) is 3.48. The van der Waals surface area contributed by atoms with E-state index in [2.05, 4.69) is 30.5 Å². The Morgan fingerprint density at radius 2 is 1.82 bits per heavy atom. The van der Waals surface area contributed by atoms with Crippen LogP contribution in [0.1, 0.15) is 30.9 Å². The molecule has 1 aliphatic carbocycles. The van der Waals surface area contributed by atoms with E-state index in [-0.39, 0.29) is 25.5 Å². The van der Waals surface area contributed by atoms with Gasteiger partial charge in [0, 0.05) is 43.7 Å². The van der Waals surface area contributed by atoms with Crippen LogP contribution in [0.25, 0.3) is 0 Å². The van der Waals surface area contributed by atoms with Gasteiger partial charge in [0.1, 0.15) is 0 Å². The molecule has 4 heterocycles. The number of aromatic nitrogens is 5. The van der Waals surface area contributed by atoms with Crippen LogP contribution < -0.4 is 15.1 Å². The third kappa shape index (κ3) is 3.71. The summed E-state index contributed by atoms with van der Waals surface area (Å²) >= 11 is 0. The normalized spacial score (nSPS) is 21.9. The third-order valence-electron chi connectivity index (χ3n) is 5.21. The van der Waals surface area contributed by atoms with Gasteiger partial charge in [0.25, 0.3) is 5.92 Å². The van der Waals surface area contributed by atoms with Crippen molar-refractivity contribution in [3.63, 3.8) is 0 Å². The highest BCUT2D eigenvalue weighted by Gasteiger charge is 2.39. The van der Waals surface area contributed by atoms with Crippen LogP contribution in [0.15, 0.2) is 6.07 Å². The topological polar surface area (TPSA) is 95.1 Å². The van der Waals surface area contributed by atoms with Gasteiger partial charge in [0.15, 0.2) is 5.82 Å². The second-order valence-electron chi connectivity index (χ2n) is 7.49. The molecule has 0 atom stereocenters. The second kappa shape index (κ2) is 6.80. The van der Waals surface area contributed by atoms with Crippen molar-refractivity contribution < 1.29 is 13.5 Å². The van der Waals surface area contributed by atoms with E-state index in [4.69, 9.17) is 4.74 Å². The molecule has 2 aromatic rings. The molecule has 0 radical (unpaired) electrons. The lowest BCUT2D eigenvalue weighted by Crippen LogP contribution is -2.38. The van der Waals surface area contributed by atoms with E-state index in [0.29, 0.717) is 49.9 Å². The number of alkyl halides is 2. The SMILES string of the molecule is FC1(F)CCN(c2nc(Nc3cc(C4CC4)[nH]n3)nc(N3CCOCC3)n2)C1. The number of hydrogen-bond donors (Lipinski definition) is 2. The Balaban J connectivity index is 1.43. The molecule has 150 valence electrons. The predicted octanol–water partition coefficient (Wildman–Crippen LogP) is 1.90. The fraction of sp³-hybridized carbons (Fsp3) is 0.647. The molecule has 2 N–H and O–H groups in total. The summed E-state index contributed by atoms with van der Waals surface area (Å²) in [5.41, 5.74) is 1.09. The van der Waals surface area contributed by atoms with Gasteiger partial charge in [0.05, 0.1) is 19.8 Å². The first-order chi connectivity index (χ1) is 13.6. The summed E-state index contributed by atoms with van der Waals surface area (Å²) in [4.78, 5) is 16.8. The summed E-state index contributed by atoms with van der Waals surface area (Å²) in [6.07, 6.45) is 2.14. The van der Waals surface area contributed by atoms with Gasteiger partial charge in [-0.1, -0.05) is 0 Å². The number of hydrogen-bond acceptors (Lipinski definition) is 8. The van der Waals surface area contributed by atoms with E-state index in [0.717, 1.165) is 5.69 Å². The highest BCUT2D eigenvalue weighted by molar-refractivity contribution is 5.53. The lowest BCUT2D eigenvalue weighted by atomic mass is 10.3. The third-order valence-corrected chi connectivity index (χ3v) is 5.21. The smallest absolute Gasteiger partial charge is 0.267 e. The summed E-state index contributed by atoms with van der Waals surface area (Å²) in [7, 11) is 0. The minimum Gasteiger partial charge on any atom is -0.378 e. The van der Waals surface area contributed by atoms with Crippen molar-refractivity contribution in [1.29, 1.82) is 0 Å². The first-order valence-corrected chi connectivity index (χ1v) is 9.60. The van der Waals surface area contributed by atoms with E-state index in [1.165, 1.54) is 17.7 Å². The monoisotopic (exact) mass is 392 g/mol. The quantitative estimate of drug-likeness (QED) is 0.797. The summed E-state index contributed by atoms with van der Waals surface area (Å²) in [5.74, 6) is -0.541. The average molecular weight is 392 g/mol. The molecule has 3 fully saturated rings. The van der Waals surface area contributed by atoms with Crippen molar-refractivity contribution in [3.05, 3.63) is 11.8 Å². The van der Waals surface area contributed by atoms with Gasteiger partial charge >= 0.3 is 0 Å². The number of morpholine rings is 1. The number of nitrogens with one attached hydrogen (secondary N) is 2. The molecule has 0 amide bonds. The molecule has 2 aromatic heterocycles. The molecule has 9 nitrogen and oxygen atoms in total. The molecule has 0 spiro atoms. The highest BCUT2D eigenvalue weighted by Crippen LogP contribution is 2.39. The van der Waals surface area contributed by atoms with Crippen molar-refractivity contribution in [2.75, 3.05) is 54.5 Å². The van der Waals surface area contributed by atoms with Crippen LogP contribution in [0, 0.1) is 0 Å². The van der Waals surface area contributed by atoms with Crippen molar-refractivity contribution in [2.45, 2.75) is 31.1 Å². The van der Waals surface area contributed by atoms with Crippen LogP contribution in [-0.4, -0.2) is 70.5 Å². The van der Waals surface area contributed by atoms with Crippen LogP contribution in [-0.2, 0) is 4.74 Å². The van der Waals surface area contributed by atoms with Crippen LogP contribution in [0.4, 0.5) is 32.4 Å². The van der Waals surface area contributed by atoms with Gasteiger partial charge in [0.2, 0.25) is 17.8 Å². The first kappa shape index (κ1) is 17.5. The molecule has 0 aromatic carbocycles. The standard InChI is InChI=1S/C17H22F2N8O/c18-17(19)3-4-27(10-17)16-22-14(20-13-9-12(24-25-13)11-1-2-11)21-15(23-16)26-5-7-28-8-6-26/h9,11H,1-8,10H2,(H2,20,21,22,23,24,25). The van der Waals surface area contributed by atoms with E-state index < -0.39 is 5.92 Å². The van der Waals surface area contributed by atoms with Gasteiger partial charge in [-0.05, 0) is 12.8 Å². The maximum Gasteiger partial charge on any atom is 0.267 e. The second-order valence-corrected chi connectivity index (χ2v) is 7.49. The maximum atomic E-state index is 13.7. The van der Waals surface area contributed by atoms with Crippen molar-refractivity contribution >= 4 is 23.7 Å². The van der Waals surface area contributed by atoms with E-state index in [1.54, 1.807) is 0 Å². The Bertz CT molecular complexity index is 849. The minimum absolute atomic E-state index is 0.196. The Morgan fingerprint density at radius 1 is 1.07 bits per heavy atom.